The van der Waals surface area contributed by atoms with Gasteiger partial charge in [-0.25, -0.2) is 4.68 Å². The predicted molar refractivity (Wildman–Crippen MR) is 98.7 cm³/mol. The van der Waals surface area contributed by atoms with E-state index < -0.39 is 0 Å². The molecule has 3 aromatic rings. The Morgan fingerprint density at radius 2 is 1.88 bits per heavy atom. The number of amides is 1. The molecule has 1 aliphatic carbocycles. The number of halogens is 1. The van der Waals surface area contributed by atoms with Crippen LogP contribution in [0.5, 0.6) is 0 Å². The Morgan fingerprint density at radius 1 is 1.12 bits per heavy atom. The van der Waals surface area contributed by atoms with Crippen molar-refractivity contribution >= 4 is 23.3 Å². The highest BCUT2D eigenvalue weighted by Crippen LogP contribution is 2.49. The van der Waals surface area contributed by atoms with Gasteiger partial charge in [0.1, 0.15) is 5.82 Å². The van der Waals surface area contributed by atoms with Crippen molar-refractivity contribution in [3.63, 3.8) is 0 Å². The second kappa shape index (κ2) is 6.73. The van der Waals surface area contributed by atoms with E-state index in [9.17, 15) is 4.79 Å². The molecule has 2 aromatic carbocycles. The summed E-state index contributed by atoms with van der Waals surface area (Å²) in [5.41, 5.74) is 2.20. The van der Waals surface area contributed by atoms with Gasteiger partial charge in [-0.05, 0) is 29.5 Å². The fraction of sp³-hybridized carbons (Fsp3) is 0.200. The summed E-state index contributed by atoms with van der Waals surface area (Å²) >= 11 is 6.24. The fourth-order valence-corrected chi connectivity index (χ4v) is 3.42. The third kappa shape index (κ3) is 3.44. The summed E-state index contributed by atoms with van der Waals surface area (Å²) < 4.78 is 1.81. The number of carbonyl (C=O) groups excluding carboxylic acids is 1. The van der Waals surface area contributed by atoms with Gasteiger partial charge < -0.3 is 5.32 Å². The molecule has 1 fully saturated rings. The first-order chi connectivity index (χ1) is 12.2. The Morgan fingerprint density at radius 3 is 2.68 bits per heavy atom. The molecule has 0 spiro atoms. The van der Waals surface area contributed by atoms with Crippen LogP contribution in [-0.2, 0) is 11.3 Å². The molecule has 2 atom stereocenters. The number of hydrogen-bond donors (Lipinski definition) is 1. The van der Waals surface area contributed by atoms with E-state index in [4.69, 9.17) is 11.6 Å². The molecule has 5 heteroatoms. The van der Waals surface area contributed by atoms with Crippen LogP contribution in [0.3, 0.4) is 0 Å². The third-order valence-electron chi connectivity index (χ3n) is 4.57. The summed E-state index contributed by atoms with van der Waals surface area (Å²) in [6.07, 6.45) is 2.54. The van der Waals surface area contributed by atoms with Crippen molar-refractivity contribution in [1.82, 2.24) is 9.78 Å². The van der Waals surface area contributed by atoms with Crippen LogP contribution < -0.4 is 5.32 Å². The number of nitrogens with zero attached hydrogens (tertiary/aromatic N) is 2. The van der Waals surface area contributed by atoms with E-state index in [2.05, 4.69) is 10.4 Å². The summed E-state index contributed by atoms with van der Waals surface area (Å²) in [4.78, 5) is 12.6. The molecule has 25 heavy (non-hydrogen) atoms. The zero-order valence-corrected chi connectivity index (χ0v) is 14.4. The summed E-state index contributed by atoms with van der Waals surface area (Å²) in [6.45, 7) is 0.627. The van der Waals surface area contributed by atoms with Crippen molar-refractivity contribution in [3.8, 4) is 0 Å². The lowest BCUT2D eigenvalue weighted by Gasteiger charge is -2.09. The minimum absolute atomic E-state index is 0.0275. The van der Waals surface area contributed by atoms with Crippen molar-refractivity contribution in [2.75, 3.05) is 5.32 Å². The molecule has 0 radical (unpaired) electrons. The minimum atomic E-state index is -0.0278. The first-order valence-corrected chi connectivity index (χ1v) is 8.71. The number of anilines is 1. The second-order valence-corrected chi connectivity index (χ2v) is 6.73. The lowest BCUT2D eigenvalue weighted by Crippen LogP contribution is -2.18. The highest BCUT2D eigenvalue weighted by molar-refractivity contribution is 6.31. The van der Waals surface area contributed by atoms with Gasteiger partial charge in [-0.3, -0.25) is 4.79 Å². The molecular weight excluding hydrogens is 334 g/mol. The van der Waals surface area contributed by atoms with Gasteiger partial charge in [-0.1, -0.05) is 60.1 Å². The fourth-order valence-electron chi connectivity index (χ4n) is 3.14. The van der Waals surface area contributed by atoms with Crippen molar-refractivity contribution in [3.05, 3.63) is 83.0 Å². The van der Waals surface area contributed by atoms with Gasteiger partial charge in [0.25, 0.3) is 0 Å². The summed E-state index contributed by atoms with van der Waals surface area (Å²) in [6, 6.07) is 19.6. The Kier molecular flexibility index (Phi) is 4.28. The van der Waals surface area contributed by atoms with Gasteiger partial charge in [-0.15, -0.1) is 0 Å². The maximum absolute atomic E-state index is 12.6. The maximum Gasteiger partial charge on any atom is 0.229 e. The molecule has 0 saturated heterocycles. The summed E-state index contributed by atoms with van der Waals surface area (Å²) in [5.74, 6) is 0.928. The molecule has 1 saturated carbocycles. The van der Waals surface area contributed by atoms with Crippen LogP contribution in [0.2, 0.25) is 5.02 Å². The van der Waals surface area contributed by atoms with Gasteiger partial charge in [-0.2, -0.15) is 5.10 Å². The van der Waals surface area contributed by atoms with Crippen LogP contribution in [0.4, 0.5) is 5.82 Å². The summed E-state index contributed by atoms with van der Waals surface area (Å²) in [7, 11) is 0. The topological polar surface area (TPSA) is 46.9 Å². The largest absolute Gasteiger partial charge is 0.311 e. The van der Waals surface area contributed by atoms with Crippen LogP contribution in [0.1, 0.15) is 23.5 Å². The standard InChI is InChI=1S/C20H18ClN3O/c21-18-9-5-4-8-15(18)16-12-17(16)20(25)23-19-10-11-22-24(19)13-14-6-2-1-3-7-14/h1-11,16-17H,12-13H2,(H,23,25). The van der Waals surface area contributed by atoms with Crippen LogP contribution in [0, 0.1) is 5.92 Å². The van der Waals surface area contributed by atoms with Crippen molar-refractivity contribution in [1.29, 1.82) is 0 Å². The quantitative estimate of drug-likeness (QED) is 0.743. The predicted octanol–water partition coefficient (Wildman–Crippen LogP) is 4.33. The monoisotopic (exact) mass is 351 g/mol. The van der Waals surface area contributed by atoms with Gasteiger partial charge in [0.15, 0.2) is 0 Å². The highest BCUT2D eigenvalue weighted by atomic mass is 35.5. The Bertz CT molecular complexity index is 891. The number of benzene rings is 2. The van der Waals surface area contributed by atoms with Gasteiger partial charge >= 0.3 is 0 Å². The van der Waals surface area contributed by atoms with Gasteiger partial charge in [0.2, 0.25) is 5.91 Å². The van der Waals surface area contributed by atoms with Gasteiger partial charge in [0, 0.05) is 17.0 Å². The third-order valence-corrected chi connectivity index (χ3v) is 4.92. The van der Waals surface area contributed by atoms with E-state index in [-0.39, 0.29) is 17.7 Å². The zero-order valence-electron chi connectivity index (χ0n) is 13.6. The number of aromatic nitrogens is 2. The molecular formula is C20H18ClN3O. The zero-order chi connectivity index (χ0) is 17.2. The van der Waals surface area contributed by atoms with E-state index in [0.717, 1.165) is 28.4 Å². The smallest absolute Gasteiger partial charge is 0.229 e. The van der Waals surface area contributed by atoms with Crippen molar-refractivity contribution in [2.24, 2.45) is 5.92 Å². The maximum atomic E-state index is 12.6. The van der Waals surface area contributed by atoms with E-state index in [0.29, 0.717) is 6.54 Å². The number of carbonyl (C=O) groups is 1. The van der Waals surface area contributed by atoms with Crippen LogP contribution in [-0.4, -0.2) is 15.7 Å². The number of rotatable bonds is 5. The molecule has 1 aliphatic rings. The summed E-state index contributed by atoms with van der Waals surface area (Å²) in [5, 5.41) is 8.06. The minimum Gasteiger partial charge on any atom is -0.311 e. The molecule has 126 valence electrons. The first-order valence-electron chi connectivity index (χ1n) is 8.33. The normalized spacial score (nSPS) is 18.8. The second-order valence-electron chi connectivity index (χ2n) is 6.32. The number of hydrogen-bond acceptors (Lipinski definition) is 2. The molecule has 1 heterocycles. The Hall–Kier alpha value is -2.59. The molecule has 4 nitrogen and oxygen atoms in total. The van der Waals surface area contributed by atoms with E-state index in [1.54, 1.807) is 10.9 Å². The SMILES string of the molecule is O=C(Nc1ccnn1Cc1ccccc1)C1CC1c1ccccc1Cl. The van der Waals surface area contributed by atoms with Crippen LogP contribution in [0.15, 0.2) is 66.9 Å². The molecule has 0 aliphatic heterocycles. The molecule has 1 N–H and O–H groups in total. The molecule has 1 amide bonds. The van der Waals surface area contributed by atoms with E-state index in [1.165, 1.54) is 0 Å². The lowest BCUT2D eigenvalue weighted by molar-refractivity contribution is -0.117. The average molecular weight is 352 g/mol. The van der Waals surface area contributed by atoms with Crippen LogP contribution >= 0.6 is 11.6 Å². The highest BCUT2D eigenvalue weighted by Gasteiger charge is 2.44. The molecule has 1 aromatic heterocycles. The first kappa shape index (κ1) is 15.9. The van der Waals surface area contributed by atoms with Crippen molar-refractivity contribution in [2.45, 2.75) is 18.9 Å². The van der Waals surface area contributed by atoms with Crippen molar-refractivity contribution < 1.29 is 4.79 Å². The molecule has 2 unspecified atom stereocenters. The lowest BCUT2D eigenvalue weighted by atomic mass is 10.1. The molecule has 0 bridgehead atoms. The molecule has 4 rings (SSSR count). The van der Waals surface area contributed by atoms with E-state index in [1.807, 2.05) is 60.7 Å². The average Bonchev–Trinajstić information content (AvgIpc) is 3.31. The Balaban J connectivity index is 1.43. The Labute approximate surface area is 151 Å². The number of nitrogens with one attached hydrogen (secondary N) is 1. The van der Waals surface area contributed by atoms with Crippen LogP contribution in [0.25, 0.3) is 0 Å². The van der Waals surface area contributed by atoms with E-state index >= 15 is 0 Å². The van der Waals surface area contributed by atoms with Gasteiger partial charge in [0.05, 0.1) is 12.7 Å².